The molecule has 6 heteroatoms. The van der Waals surface area contributed by atoms with E-state index in [2.05, 4.69) is 91.0 Å². The Morgan fingerprint density at radius 3 is 1.28 bits per heavy atom. The quantitative estimate of drug-likeness (QED) is 0.166. The van der Waals surface area contributed by atoms with Crippen LogP contribution in [0.25, 0.3) is 79.1 Å². The maximum absolute atomic E-state index is 5.10. The molecular weight excluding hydrogens is 649 g/mol. The van der Waals surface area contributed by atoms with Crippen LogP contribution in [0.15, 0.2) is 152 Å². The van der Waals surface area contributed by atoms with Crippen molar-refractivity contribution < 1.29 is 0 Å². The Balaban J connectivity index is 1.05. The summed E-state index contributed by atoms with van der Waals surface area (Å²) in [6.45, 7) is 0. The molecule has 2 aliphatic rings. The van der Waals surface area contributed by atoms with Crippen molar-refractivity contribution in [1.82, 2.24) is 29.9 Å². The first-order chi connectivity index (χ1) is 26.2. The van der Waals surface area contributed by atoms with Crippen LogP contribution in [-0.2, 0) is 5.41 Å². The Morgan fingerprint density at radius 2 is 0.774 bits per heavy atom. The van der Waals surface area contributed by atoms with Gasteiger partial charge in [0, 0.05) is 33.4 Å². The van der Waals surface area contributed by atoms with Gasteiger partial charge in [-0.05, 0) is 71.9 Å². The number of hydrogen-bond acceptors (Lipinski definition) is 6. The molecule has 0 amide bonds. The minimum Gasteiger partial charge on any atom is -0.208 e. The van der Waals surface area contributed by atoms with Crippen LogP contribution in [0.1, 0.15) is 37.7 Å². The van der Waals surface area contributed by atoms with Crippen LogP contribution in [0.3, 0.4) is 0 Å². The number of aromatic nitrogens is 6. The molecule has 8 aromatic rings. The van der Waals surface area contributed by atoms with Crippen molar-refractivity contribution in [2.24, 2.45) is 5.92 Å². The topological polar surface area (TPSA) is 77.3 Å². The summed E-state index contributed by atoms with van der Waals surface area (Å²) in [6.07, 6.45) is 6.55. The molecule has 0 spiro atoms. The van der Waals surface area contributed by atoms with E-state index in [0.717, 1.165) is 44.7 Å². The highest BCUT2D eigenvalue weighted by Gasteiger charge is 2.45. The smallest absolute Gasteiger partial charge is 0.164 e. The lowest BCUT2D eigenvalue weighted by molar-refractivity contribution is 0.419. The molecule has 2 heterocycles. The third-order valence-electron chi connectivity index (χ3n) is 11.2. The van der Waals surface area contributed by atoms with Crippen LogP contribution >= 0.6 is 0 Å². The fraction of sp³-hybridized carbons (Fsp3) is 0.149. The molecule has 0 atom stereocenters. The fourth-order valence-electron chi connectivity index (χ4n) is 8.38. The predicted octanol–water partition coefficient (Wildman–Crippen LogP) is 11.0. The van der Waals surface area contributed by atoms with Crippen LogP contribution in [0.2, 0.25) is 0 Å². The zero-order chi connectivity index (χ0) is 35.2. The largest absolute Gasteiger partial charge is 0.208 e. The Bertz CT molecular complexity index is 2590. The first-order valence-corrected chi connectivity index (χ1v) is 18.5. The zero-order valence-electron chi connectivity index (χ0n) is 29.2. The molecule has 53 heavy (non-hydrogen) atoms. The van der Waals surface area contributed by atoms with E-state index in [4.69, 9.17) is 29.9 Å². The molecule has 2 bridgehead atoms. The molecule has 6 aromatic carbocycles. The molecule has 0 aliphatic heterocycles. The van der Waals surface area contributed by atoms with Gasteiger partial charge in [-0.1, -0.05) is 140 Å². The Morgan fingerprint density at radius 1 is 0.358 bits per heavy atom. The zero-order valence-corrected chi connectivity index (χ0v) is 29.2. The van der Waals surface area contributed by atoms with Gasteiger partial charge in [-0.3, -0.25) is 0 Å². The van der Waals surface area contributed by atoms with Gasteiger partial charge in [0.1, 0.15) is 0 Å². The second-order valence-corrected chi connectivity index (χ2v) is 14.5. The van der Waals surface area contributed by atoms with Crippen LogP contribution in [0.5, 0.6) is 0 Å². The van der Waals surface area contributed by atoms with Gasteiger partial charge in [-0.25, -0.2) is 29.9 Å². The van der Waals surface area contributed by atoms with Gasteiger partial charge in [0.2, 0.25) is 0 Å². The SMILES string of the molecule is c1ccc(-c2nc(-c3ccc(-c4nc(-c5ccccc5)nc(-c5ccc6ccccc6c5)n4)cc3)nc(-c3cccc(C45CCC(CC4)C5)c3)n2)cc1. The molecule has 10 rings (SSSR count). The van der Waals surface area contributed by atoms with Gasteiger partial charge >= 0.3 is 0 Å². The van der Waals surface area contributed by atoms with Crippen molar-refractivity contribution in [2.45, 2.75) is 37.5 Å². The van der Waals surface area contributed by atoms with Crippen LogP contribution in [0.4, 0.5) is 0 Å². The number of hydrogen-bond donors (Lipinski definition) is 0. The van der Waals surface area contributed by atoms with Crippen LogP contribution < -0.4 is 0 Å². The van der Waals surface area contributed by atoms with E-state index < -0.39 is 0 Å². The van der Waals surface area contributed by atoms with E-state index in [9.17, 15) is 0 Å². The van der Waals surface area contributed by atoms with E-state index in [0.29, 0.717) is 40.4 Å². The third kappa shape index (κ3) is 5.96. The van der Waals surface area contributed by atoms with Crippen LogP contribution in [0, 0.1) is 5.92 Å². The summed E-state index contributed by atoms with van der Waals surface area (Å²) >= 11 is 0. The van der Waals surface area contributed by atoms with Gasteiger partial charge in [0.05, 0.1) is 0 Å². The lowest BCUT2D eigenvalue weighted by Gasteiger charge is -2.27. The van der Waals surface area contributed by atoms with Crippen molar-refractivity contribution in [3.8, 4) is 68.3 Å². The molecule has 0 radical (unpaired) electrons. The van der Waals surface area contributed by atoms with Gasteiger partial charge in [0.15, 0.2) is 34.9 Å². The molecule has 6 nitrogen and oxygen atoms in total. The molecule has 0 saturated heterocycles. The highest BCUT2D eigenvalue weighted by atomic mass is 15.0. The third-order valence-corrected chi connectivity index (χ3v) is 11.2. The van der Waals surface area contributed by atoms with E-state index >= 15 is 0 Å². The lowest BCUT2D eigenvalue weighted by atomic mass is 9.77. The molecule has 2 aliphatic carbocycles. The summed E-state index contributed by atoms with van der Waals surface area (Å²) in [5, 5.41) is 2.32. The summed E-state index contributed by atoms with van der Waals surface area (Å²) in [4.78, 5) is 30.1. The Hall–Kier alpha value is -6.40. The molecule has 2 fully saturated rings. The molecular formula is C47H36N6. The van der Waals surface area contributed by atoms with E-state index in [1.165, 1.54) is 43.1 Å². The van der Waals surface area contributed by atoms with E-state index in [1.807, 2.05) is 60.7 Å². The van der Waals surface area contributed by atoms with Crippen molar-refractivity contribution in [3.05, 3.63) is 157 Å². The number of fused-ring (bicyclic) bond motifs is 3. The van der Waals surface area contributed by atoms with Crippen molar-refractivity contribution >= 4 is 10.8 Å². The van der Waals surface area contributed by atoms with E-state index in [1.54, 1.807) is 0 Å². The second-order valence-electron chi connectivity index (χ2n) is 14.5. The highest BCUT2D eigenvalue weighted by molar-refractivity contribution is 5.86. The number of benzene rings is 6. The second kappa shape index (κ2) is 13.0. The highest BCUT2D eigenvalue weighted by Crippen LogP contribution is 2.55. The van der Waals surface area contributed by atoms with E-state index in [-0.39, 0.29) is 0 Å². The monoisotopic (exact) mass is 684 g/mol. The Kier molecular flexibility index (Phi) is 7.68. The first-order valence-electron chi connectivity index (χ1n) is 18.5. The minimum absolute atomic E-state index is 0.304. The van der Waals surface area contributed by atoms with Crippen molar-refractivity contribution in [3.63, 3.8) is 0 Å². The number of rotatable bonds is 7. The van der Waals surface area contributed by atoms with Gasteiger partial charge in [-0.15, -0.1) is 0 Å². The van der Waals surface area contributed by atoms with Crippen molar-refractivity contribution in [2.75, 3.05) is 0 Å². The normalized spacial score (nSPS) is 17.7. The van der Waals surface area contributed by atoms with Gasteiger partial charge < -0.3 is 0 Å². The van der Waals surface area contributed by atoms with Gasteiger partial charge in [-0.2, -0.15) is 0 Å². The minimum atomic E-state index is 0.304. The lowest BCUT2D eigenvalue weighted by Crippen LogP contribution is -2.19. The molecule has 0 unspecified atom stereocenters. The summed E-state index contributed by atoms with van der Waals surface area (Å²) in [6, 6.07) is 52.1. The fourth-order valence-corrected chi connectivity index (χ4v) is 8.38. The maximum atomic E-state index is 5.10. The molecule has 2 aromatic heterocycles. The molecule has 2 saturated carbocycles. The van der Waals surface area contributed by atoms with Crippen LogP contribution in [-0.4, -0.2) is 29.9 Å². The number of nitrogens with zero attached hydrogens (tertiary/aromatic N) is 6. The summed E-state index contributed by atoms with van der Waals surface area (Å²) in [5.74, 6) is 4.72. The van der Waals surface area contributed by atoms with Gasteiger partial charge in [0.25, 0.3) is 0 Å². The average Bonchev–Trinajstić information content (AvgIpc) is 3.87. The standard InChI is InChI=1S/C47H36N6/c1-3-11-33(12-4-1)41-48-43(52-45(50-41)38-16-9-17-40(29-38)47-26-24-31(30-47)25-27-47)35-19-21-36(22-20-35)44-49-42(34-13-5-2-6-14-34)51-46(53-44)39-23-18-32-10-7-8-15-37(32)28-39/h1-23,28-29,31H,24-27,30H2. The molecule has 0 N–H and O–H groups in total. The average molecular weight is 685 g/mol. The summed E-state index contributed by atoms with van der Waals surface area (Å²) in [5.41, 5.74) is 7.37. The van der Waals surface area contributed by atoms with Crippen molar-refractivity contribution in [1.29, 1.82) is 0 Å². The molecule has 254 valence electrons. The predicted molar refractivity (Wildman–Crippen MR) is 212 cm³/mol. The maximum Gasteiger partial charge on any atom is 0.164 e. The summed E-state index contributed by atoms with van der Waals surface area (Å²) in [7, 11) is 0. The Labute approximate surface area is 308 Å². The summed E-state index contributed by atoms with van der Waals surface area (Å²) < 4.78 is 0. The first kappa shape index (κ1) is 31.3.